The highest BCUT2D eigenvalue weighted by atomic mass is 35.5. The van der Waals surface area contributed by atoms with E-state index in [2.05, 4.69) is 15.2 Å². The number of halogens is 1. The second-order valence-corrected chi connectivity index (χ2v) is 5.44. The first-order valence-corrected chi connectivity index (χ1v) is 7.30. The van der Waals surface area contributed by atoms with Crippen LogP contribution in [0.1, 0.15) is 11.8 Å². The van der Waals surface area contributed by atoms with E-state index in [1.54, 1.807) is 24.9 Å². The van der Waals surface area contributed by atoms with E-state index in [9.17, 15) is 0 Å². The van der Waals surface area contributed by atoms with Crippen molar-refractivity contribution in [3.05, 3.63) is 53.5 Å². The molecule has 3 rings (SSSR count). The summed E-state index contributed by atoms with van der Waals surface area (Å²) in [5.74, 6) is 1.76. The fraction of sp³-hybridized carbons (Fsp3) is 0.154. The van der Waals surface area contributed by atoms with Crippen molar-refractivity contribution in [1.82, 2.24) is 19.7 Å². The summed E-state index contributed by atoms with van der Waals surface area (Å²) < 4.78 is 7.34. The molecule has 0 radical (unpaired) electrons. The first-order valence-electron chi connectivity index (χ1n) is 5.93. The zero-order valence-corrected chi connectivity index (χ0v) is 12.2. The van der Waals surface area contributed by atoms with Gasteiger partial charge in [-0.3, -0.25) is 4.57 Å². The minimum Gasteiger partial charge on any atom is -0.425 e. The lowest BCUT2D eigenvalue weighted by Crippen LogP contribution is -1.95. The van der Waals surface area contributed by atoms with Gasteiger partial charge in [-0.25, -0.2) is 4.98 Å². The summed E-state index contributed by atoms with van der Waals surface area (Å²) in [6.07, 6.45) is 3.67. The Balaban J connectivity index is 1.78. The van der Waals surface area contributed by atoms with E-state index in [-0.39, 0.29) is 0 Å². The molecule has 102 valence electrons. The van der Waals surface area contributed by atoms with Crippen LogP contribution in [-0.2, 0) is 5.75 Å². The molecule has 0 atom stereocenters. The lowest BCUT2D eigenvalue weighted by molar-refractivity contribution is 0.485. The lowest BCUT2D eigenvalue weighted by atomic mass is 10.3. The van der Waals surface area contributed by atoms with Gasteiger partial charge in [-0.15, -0.1) is 10.2 Å². The molecule has 7 heteroatoms. The maximum absolute atomic E-state index is 5.90. The normalized spacial score (nSPS) is 10.9. The molecule has 20 heavy (non-hydrogen) atoms. The van der Waals surface area contributed by atoms with Gasteiger partial charge in [-0.05, 0) is 24.3 Å². The highest BCUT2D eigenvalue weighted by molar-refractivity contribution is 7.98. The highest BCUT2D eigenvalue weighted by Gasteiger charge is 2.09. The second kappa shape index (κ2) is 5.68. The van der Waals surface area contributed by atoms with Crippen LogP contribution in [0.15, 0.2) is 46.2 Å². The minimum atomic E-state index is 0.571. The van der Waals surface area contributed by atoms with E-state index in [1.807, 2.05) is 35.0 Å². The molecule has 0 bridgehead atoms. The van der Waals surface area contributed by atoms with Crippen LogP contribution in [-0.4, -0.2) is 19.7 Å². The predicted octanol–water partition coefficient (Wildman–Crippen LogP) is 3.51. The first-order chi connectivity index (χ1) is 9.72. The van der Waals surface area contributed by atoms with Crippen molar-refractivity contribution in [2.75, 3.05) is 0 Å². The molecule has 5 nitrogen and oxygen atoms in total. The molecule has 0 saturated heterocycles. The van der Waals surface area contributed by atoms with E-state index in [1.165, 1.54) is 0 Å². The number of nitrogens with zero attached hydrogens (tertiary/aromatic N) is 4. The lowest BCUT2D eigenvalue weighted by Gasteiger charge is -2.06. The van der Waals surface area contributed by atoms with Gasteiger partial charge in [0.25, 0.3) is 0 Å². The molecular weight excluding hydrogens is 296 g/mol. The van der Waals surface area contributed by atoms with Crippen molar-refractivity contribution in [2.24, 2.45) is 0 Å². The standard InChI is InChI=1S/C13H11ClN4OS/c1-9-16-17-12(19-9)8-20-13-15-6-7-18(13)11-4-2-10(14)3-5-11/h2-7H,8H2,1H3. The van der Waals surface area contributed by atoms with Crippen LogP contribution < -0.4 is 0 Å². The van der Waals surface area contributed by atoms with Crippen molar-refractivity contribution in [3.63, 3.8) is 0 Å². The minimum absolute atomic E-state index is 0.571. The number of aromatic nitrogens is 4. The molecule has 0 amide bonds. The molecule has 1 aromatic carbocycles. The van der Waals surface area contributed by atoms with E-state index < -0.39 is 0 Å². The van der Waals surface area contributed by atoms with Crippen LogP contribution in [0.5, 0.6) is 0 Å². The van der Waals surface area contributed by atoms with Crippen LogP contribution >= 0.6 is 23.4 Å². The zero-order chi connectivity index (χ0) is 13.9. The fourth-order valence-electron chi connectivity index (χ4n) is 1.72. The molecule has 0 N–H and O–H groups in total. The van der Waals surface area contributed by atoms with Crippen molar-refractivity contribution >= 4 is 23.4 Å². The molecule has 0 saturated carbocycles. The Labute approximate surface area is 125 Å². The van der Waals surface area contributed by atoms with Crippen molar-refractivity contribution in [2.45, 2.75) is 17.8 Å². The zero-order valence-electron chi connectivity index (χ0n) is 10.7. The average molecular weight is 307 g/mol. The van der Waals surface area contributed by atoms with Crippen LogP contribution in [0.4, 0.5) is 0 Å². The van der Waals surface area contributed by atoms with E-state index in [4.69, 9.17) is 16.0 Å². The van der Waals surface area contributed by atoms with Gasteiger partial charge in [0.05, 0.1) is 5.75 Å². The molecule has 0 spiro atoms. The average Bonchev–Trinajstić information content (AvgIpc) is 3.06. The SMILES string of the molecule is Cc1nnc(CSc2nccn2-c2ccc(Cl)cc2)o1. The van der Waals surface area contributed by atoms with E-state index in [0.29, 0.717) is 22.6 Å². The van der Waals surface area contributed by atoms with Gasteiger partial charge in [-0.1, -0.05) is 23.4 Å². The first kappa shape index (κ1) is 13.2. The van der Waals surface area contributed by atoms with Gasteiger partial charge in [0.2, 0.25) is 11.8 Å². The second-order valence-electron chi connectivity index (χ2n) is 4.06. The maximum atomic E-state index is 5.90. The molecule has 0 fully saturated rings. The van der Waals surface area contributed by atoms with Crippen molar-refractivity contribution in [3.8, 4) is 5.69 Å². The summed E-state index contributed by atoms with van der Waals surface area (Å²) in [6.45, 7) is 1.77. The number of benzene rings is 1. The molecule has 0 aliphatic carbocycles. The molecular formula is C13H11ClN4OS. The van der Waals surface area contributed by atoms with Gasteiger partial charge in [0.1, 0.15) is 0 Å². The molecule has 2 heterocycles. The van der Waals surface area contributed by atoms with Gasteiger partial charge < -0.3 is 4.42 Å². The Kier molecular flexibility index (Phi) is 3.75. The molecule has 2 aromatic heterocycles. The summed E-state index contributed by atoms with van der Waals surface area (Å²) in [6, 6.07) is 7.61. The summed E-state index contributed by atoms with van der Waals surface area (Å²) in [7, 11) is 0. The van der Waals surface area contributed by atoms with Crippen LogP contribution in [0.3, 0.4) is 0 Å². The van der Waals surface area contributed by atoms with Gasteiger partial charge in [0.15, 0.2) is 5.16 Å². The van der Waals surface area contributed by atoms with Gasteiger partial charge in [0, 0.05) is 30.0 Å². The third-order valence-electron chi connectivity index (χ3n) is 2.60. The molecule has 3 aromatic rings. The Hall–Kier alpha value is -1.79. The number of imidazole rings is 1. The number of hydrogen-bond acceptors (Lipinski definition) is 5. The Morgan fingerprint density at radius 3 is 2.75 bits per heavy atom. The van der Waals surface area contributed by atoms with E-state index >= 15 is 0 Å². The Morgan fingerprint density at radius 2 is 2.05 bits per heavy atom. The number of aryl methyl sites for hydroxylation is 1. The fourth-order valence-corrected chi connectivity index (χ4v) is 2.65. The summed E-state index contributed by atoms with van der Waals surface area (Å²) >= 11 is 7.44. The molecule has 0 aliphatic rings. The van der Waals surface area contributed by atoms with E-state index in [0.717, 1.165) is 10.8 Å². The van der Waals surface area contributed by atoms with Crippen LogP contribution in [0.2, 0.25) is 5.02 Å². The monoisotopic (exact) mass is 306 g/mol. The summed E-state index contributed by atoms with van der Waals surface area (Å²) in [5, 5.41) is 9.35. The largest absolute Gasteiger partial charge is 0.425 e. The third-order valence-corrected chi connectivity index (χ3v) is 3.81. The maximum Gasteiger partial charge on any atom is 0.226 e. The smallest absolute Gasteiger partial charge is 0.226 e. The van der Waals surface area contributed by atoms with Gasteiger partial charge in [-0.2, -0.15) is 0 Å². The van der Waals surface area contributed by atoms with Crippen LogP contribution in [0.25, 0.3) is 5.69 Å². The molecule has 0 aliphatic heterocycles. The Bertz CT molecular complexity index is 707. The van der Waals surface area contributed by atoms with Gasteiger partial charge >= 0.3 is 0 Å². The van der Waals surface area contributed by atoms with Crippen LogP contribution in [0, 0.1) is 6.92 Å². The summed E-state index contributed by atoms with van der Waals surface area (Å²) in [4.78, 5) is 4.34. The quantitative estimate of drug-likeness (QED) is 0.690. The number of rotatable bonds is 4. The summed E-state index contributed by atoms with van der Waals surface area (Å²) in [5.41, 5.74) is 1.01. The van der Waals surface area contributed by atoms with Crippen molar-refractivity contribution < 1.29 is 4.42 Å². The highest BCUT2D eigenvalue weighted by Crippen LogP contribution is 2.24. The Morgan fingerprint density at radius 1 is 1.25 bits per heavy atom. The topological polar surface area (TPSA) is 56.7 Å². The number of thioether (sulfide) groups is 1. The molecule has 0 unspecified atom stereocenters. The number of hydrogen-bond donors (Lipinski definition) is 0. The van der Waals surface area contributed by atoms with Crippen molar-refractivity contribution in [1.29, 1.82) is 0 Å². The predicted molar refractivity (Wildman–Crippen MR) is 77.2 cm³/mol. The third kappa shape index (κ3) is 2.86.